The molecule has 1 aliphatic heterocycles. The zero-order valence-electron chi connectivity index (χ0n) is 10.5. The van der Waals surface area contributed by atoms with Crippen molar-refractivity contribution in [3.8, 4) is 11.8 Å². The van der Waals surface area contributed by atoms with E-state index < -0.39 is 9.84 Å². The van der Waals surface area contributed by atoms with E-state index in [-0.39, 0.29) is 24.2 Å². The van der Waals surface area contributed by atoms with Gasteiger partial charge in [0.05, 0.1) is 11.5 Å². The molecule has 1 aliphatic rings. The van der Waals surface area contributed by atoms with Crippen LogP contribution >= 0.6 is 0 Å². The standard InChI is InChI=1S/C13H16N2O3S/c14-7-8-18-13-3-1-11(2-4-13)15-12-5-9-19(16,17)10-6-12/h1-4,12,15H,5-6,8-10H2. The minimum atomic E-state index is -2.82. The molecular formula is C13H16N2O3S. The topological polar surface area (TPSA) is 79.2 Å². The molecule has 19 heavy (non-hydrogen) atoms. The van der Waals surface area contributed by atoms with Crippen LogP contribution in [0.15, 0.2) is 24.3 Å². The highest BCUT2D eigenvalue weighted by Gasteiger charge is 2.23. The summed E-state index contributed by atoms with van der Waals surface area (Å²) < 4.78 is 27.8. The van der Waals surface area contributed by atoms with E-state index in [9.17, 15) is 8.42 Å². The summed E-state index contributed by atoms with van der Waals surface area (Å²) in [6.45, 7) is 0.0350. The Labute approximate surface area is 113 Å². The lowest BCUT2D eigenvalue weighted by Gasteiger charge is -2.24. The van der Waals surface area contributed by atoms with Gasteiger partial charge in [0.25, 0.3) is 0 Å². The zero-order valence-corrected chi connectivity index (χ0v) is 11.3. The fraction of sp³-hybridized carbons (Fsp3) is 0.462. The molecule has 0 spiro atoms. The lowest BCUT2D eigenvalue weighted by Crippen LogP contribution is -2.32. The van der Waals surface area contributed by atoms with E-state index in [1.54, 1.807) is 12.1 Å². The van der Waals surface area contributed by atoms with Gasteiger partial charge in [0.15, 0.2) is 6.61 Å². The first kappa shape index (κ1) is 13.7. The number of hydrogen-bond donors (Lipinski definition) is 1. The summed E-state index contributed by atoms with van der Waals surface area (Å²) in [4.78, 5) is 0. The first-order chi connectivity index (χ1) is 9.09. The Morgan fingerprint density at radius 3 is 2.47 bits per heavy atom. The van der Waals surface area contributed by atoms with Crippen molar-refractivity contribution in [2.24, 2.45) is 0 Å². The number of nitriles is 1. The van der Waals surface area contributed by atoms with Gasteiger partial charge >= 0.3 is 0 Å². The van der Waals surface area contributed by atoms with Crippen LogP contribution in [0.1, 0.15) is 12.8 Å². The molecule has 0 aromatic heterocycles. The monoisotopic (exact) mass is 280 g/mol. The maximum atomic E-state index is 11.3. The van der Waals surface area contributed by atoms with Crippen molar-refractivity contribution >= 4 is 15.5 Å². The predicted molar refractivity (Wildman–Crippen MR) is 72.8 cm³/mol. The van der Waals surface area contributed by atoms with E-state index in [1.165, 1.54) is 0 Å². The molecule has 1 aromatic rings. The second kappa shape index (κ2) is 5.93. The van der Waals surface area contributed by atoms with Crippen molar-refractivity contribution in [1.29, 1.82) is 5.26 Å². The Morgan fingerprint density at radius 2 is 1.89 bits per heavy atom. The summed E-state index contributed by atoms with van der Waals surface area (Å²) in [5, 5.41) is 11.7. The Bertz CT molecular complexity index is 547. The zero-order chi connectivity index (χ0) is 13.7. The van der Waals surface area contributed by atoms with Crippen molar-refractivity contribution in [3.63, 3.8) is 0 Å². The van der Waals surface area contributed by atoms with Gasteiger partial charge in [-0.05, 0) is 37.1 Å². The number of sulfone groups is 1. The summed E-state index contributed by atoms with van der Waals surface area (Å²) in [6.07, 6.45) is 1.30. The van der Waals surface area contributed by atoms with Gasteiger partial charge < -0.3 is 10.1 Å². The van der Waals surface area contributed by atoms with Gasteiger partial charge in [-0.3, -0.25) is 0 Å². The predicted octanol–water partition coefficient (Wildman–Crippen LogP) is 1.58. The highest BCUT2D eigenvalue weighted by Crippen LogP contribution is 2.20. The Balaban J connectivity index is 1.88. The second-order valence-corrected chi connectivity index (χ2v) is 6.85. The highest BCUT2D eigenvalue weighted by atomic mass is 32.2. The van der Waals surface area contributed by atoms with E-state index >= 15 is 0 Å². The Kier molecular flexibility index (Phi) is 4.27. The van der Waals surface area contributed by atoms with Crippen LogP contribution in [-0.4, -0.2) is 32.6 Å². The van der Waals surface area contributed by atoms with Crippen LogP contribution in [0.2, 0.25) is 0 Å². The largest absolute Gasteiger partial charge is 0.479 e. The van der Waals surface area contributed by atoms with Crippen LogP contribution in [-0.2, 0) is 9.84 Å². The maximum Gasteiger partial charge on any atom is 0.174 e. The van der Waals surface area contributed by atoms with Crippen LogP contribution in [0.3, 0.4) is 0 Å². The quantitative estimate of drug-likeness (QED) is 0.905. The smallest absolute Gasteiger partial charge is 0.174 e. The average molecular weight is 280 g/mol. The molecule has 5 nitrogen and oxygen atoms in total. The normalized spacial score (nSPS) is 18.5. The summed E-state index contributed by atoms with van der Waals surface area (Å²) in [5.41, 5.74) is 0.939. The van der Waals surface area contributed by atoms with Crippen LogP contribution in [0.5, 0.6) is 5.75 Å². The number of nitrogens with one attached hydrogen (secondary N) is 1. The third kappa shape index (κ3) is 4.14. The molecule has 1 fully saturated rings. The molecular weight excluding hydrogens is 264 g/mol. The molecule has 0 bridgehead atoms. The molecule has 1 saturated heterocycles. The summed E-state index contributed by atoms with van der Waals surface area (Å²) in [5.74, 6) is 1.17. The van der Waals surface area contributed by atoms with Gasteiger partial charge in [0, 0.05) is 11.7 Å². The fourth-order valence-corrected chi connectivity index (χ4v) is 3.52. The van der Waals surface area contributed by atoms with Crippen LogP contribution in [0, 0.1) is 11.3 Å². The molecule has 102 valence electrons. The number of benzene rings is 1. The molecule has 6 heteroatoms. The fourth-order valence-electron chi connectivity index (χ4n) is 2.03. The van der Waals surface area contributed by atoms with Crippen LogP contribution < -0.4 is 10.1 Å². The van der Waals surface area contributed by atoms with Gasteiger partial charge in [0.1, 0.15) is 21.7 Å². The first-order valence-corrected chi connectivity index (χ1v) is 7.98. The molecule has 1 heterocycles. The SMILES string of the molecule is N#CCOc1ccc(NC2CCS(=O)(=O)CC2)cc1. The second-order valence-electron chi connectivity index (χ2n) is 4.54. The molecule has 1 N–H and O–H groups in total. The van der Waals surface area contributed by atoms with Gasteiger partial charge in [0.2, 0.25) is 0 Å². The van der Waals surface area contributed by atoms with Gasteiger partial charge in [-0.15, -0.1) is 0 Å². The van der Waals surface area contributed by atoms with E-state index in [2.05, 4.69) is 5.32 Å². The van der Waals surface area contributed by atoms with Gasteiger partial charge in [-0.1, -0.05) is 0 Å². The number of hydrogen-bond acceptors (Lipinski definition) is 5. The lowest BCUT2D eigenvalue weighted by atomic mass is 10.1. The number of rotatable bonds is 4. The summed E-state index contributed by atoms with van der Waals surface area (Å²) in [6, 6.07) is 9.44. The molecule has 1 aromatic carbocycles. The van der Waals surface area contributed by atoms with Crippen molar-refractivity contribution in [3.05, 3.63) is 24.3 Å². The molecule has 0 unspecified atom stereocenters. The number of ether oxygens (including phenoxy) is 1. The van der Waals surface area contributed by atoms with E-state index in [0.717, 1.165) is 5.69 Å². The van der Waals surface area contributed by atoms with Gasteiger partial charge in [-0.2, -0.15) is 5.26 Å². The third-order valence-electron chi connectivity index (χ3n) is 3.08. The summed E-state index contributed by atoms with van der Waals surface area (Å²) in [7, 11) is -2.82. The molecule has 0 atom stereocenters. The lowest BCUT2D eigenvalue weighted by molar-refractivity contribution is 0.368. The Morgan fingerprint density at radius 1 is 1.26 bits per heavy atom. The Hall–Kier alpha value is -1.74. The third-order valence-corrected chi connectivity index (χ3v) is 4.80. The van der Waals surface area contributed by atoms with E-state index in [4.69, 9.17) is 10.00 Å². The molecule has 0 radical (unpaired) electrons. The minimum Gasteiger partial charge on any atom is -0.479 e. The van der Waals surface area contributed by atoms with E-state index in [1.807, 2.05) is 18.2 Å². The van der Waals surface area contributed by atoms with Crippen LogP contribution in [0.25, 0.3) is 0 Å². The average Bonchev–Trinajstić information content (AvgIpc) is 2.40. The van der Waals surface area contributed by atoms with E-state index in [0.29, 0.717) is 18.6 Å². The van der Waals surface area contributed by atoms with Crippen LogP contribution in [0.4, 0.5) is 5.69 Å². The molecule has 0 amide bonds. The van der Waals surface area contributed by atoms with Crippen molar-refractivity contribution in [2.75, 3.05) is 23.4 Å². The van der Waals surface area contributed by atoms with Crippen molar-refractivity contribution in [2.45, 2.75) is 18.9 Å². The number of nitrogens with zero attached hydrogens (tertiary/aromatic N) is 1. The minimum absolute atomic E-state index is 0.0350. The van der Waals surface area contributed by atoms with Gasteiger partial charge in [-0.25, -0.2) is 8.42 Å². The number of anilines is 1. The highest BCUT2D eigenvalue weighted by molar-refractivity contribution is 7.91. The molecule has 0 aliphatic carbocycles. The first-order valence-electron chi connectivity index (χ1n) is 6.16. The maximum absolute atomic E-state index is 11.3. The summed E-state index contributed by atoms with van der Waals surface area (Å²) >= 11 is 0. The molecule has 2 rings (SSSR count). The van der Waals surface area contributed by atoms with Crippen molar-refractivity contribution < 1.29 is 13.2 Å². The van der Waals surface area contributed by atoms with Crippen molar-refractivity contribution in [1.82, 2.24) is 0 Å². The molecule has 0 saturated carbocycles.